The molecule has 0 rings (SSSR count). The summed E-state index contributed by atoms with van der Waals surface area (Å²) in [7, 11) is 0. The minimum atomic E-state index is -4.39. The average molecular weight is 158 g/mol. The Kier molecular flexibility index (Phi) is 3.12. The first-order chi connectivity index (χ1) is 4.39. The van der Waals surface area contributed by atoms with Gasteiger partial charge in [0.1, 0.15) is 6.17 Å². The van der Waals surface area contributed by atoms with Crippen LogP contribution in [0.4, 0.5) is 17.6 Å². The highest BCUT2D eigenvalue weighted by molar-refractivity contribution is 4.69. The van der Waals surface area contributed by atoms with Gasteiger partial charge in [-0.15, -0.1) is 0 Å². The third kappa shape index (κ3) is 2.54. The van der Waals surface area contributed by atoms with E-state index in [-0.39, 0.29) is 6.42 Å². The Morgan fingerprint density at radius 2 is 1.70 bits per heavy atom. The third-order valence-electron chi connectivity index (χ3n) is 1.45. The highest BCUT2D eigenvalue weighted by Crippen LogP contribution is 2.30. The maximum Gasteiger partial charge on any atom is 0.394 e. The van der Waals surface area contributed by atoms with Crippen LogP contribution in [-0.2, 0) is 0 Å². The second-order valence-corrected chi connectivity index (χ2v) is 2.25. The Balaban J connectivity index is 3.94. The number of halogens is 4. The molecule has 0 nitrogen and oxygen atoms in total. The van der Waals surface area contributed by atoms with Gasteiger partial charge in [-0.05, 0) is 6.42 Å². The maximum atomic E-state index is 12.3. The summed E-state index contributed by atoms with van der Waals surface area (Å²) in [5.74, 6) is -1.84. The smallest absolute Gasteiger partial charge is 0.247 e. The van der Waals surface area contributed by atoms with Crippen molar-refractivity contribution in [2.75, 3.05) is 0 Å². The summed E-state index contributed by atoms with van der Waals surface area (Å²) in [6.07, 6.45) is -6.24. The Morgan fingerprint density at radius 3 is 1.80 bits per heavy atom. The highest BCUT2D eigenvalue weighted by Gasteiger charge is 2.40. The van der Waals surface area contributed by atoms with E-state index in [4.69, 9.17) is 0 Å². The molecular weight excluding hydrogens is 148 g/mol. The molecule has 0 aliphatic rings. The zero-order valence-corrected chi connectivity index (χ0v) is 5.87. The van der Waals surface area contributed by atoms with Crippen molar-refractivity contribution < 1.29 is 17.6 Å². The third-order valence-corrected chi connectivity index (χ3v) is 1.45. The van der Waals surface area contributed by atoms with Crippen molar-refractivity contribution in [3.05, 3.63) is 0 Å². The van der Waals surface area contributed by atoms with Gasteiger partial charge in [-0.3, -0.25) is 0 Å². The van der Waals surface area contributed by atoms with Crippen molar-refractivity contribution in [1.29, 1.82) is 0 Å². The van der Waals surface area contributed by atoms with E-state index in [9.17, 15) is 17.6 Å². The van der Waals surface area contributed by atoms with Crippen LogP contribution in [0.25, 0.3) is 0 Å². The molecule has 2 atom stereocenters. The predicted octanol–water partition coefficient (Wildman–Crippen LogP) is 2.93. The number of rotatable bonds is 2. The van der Waals surface area contributed by atoms with Crippen molar-refractivity contribution in [1.82, 2.24) is 0 Å². The summed E-state index contributed by atoms with van der Waals surface area (Å²) < 4.78 is 47.2. The molecule has 0 aromatic heterocycles. The van der Waals surface area contributed by atoms with Crippen LogP contribution in [0.1, 0.15) is 20.3 Å². The summed E-state index contributed by atoms with van der Waals surface area (Å²) >= 11 is 0. The van der Waals surface area contributed by atoms with Gasteiger partial charge in [0, 0.05) is 0 Å². The number of hydrogen-bond acceptors (Lipinski definition) is 0. The van der Waals surface area contributed by atoms with Crippen LogP contribution in [-0.4, -0.2) is 12.3 Å². The molecular formula is C6H10F4. The minimum Gasteiger partial charge on any atom is -0.247 e. The summed E-state index contributed by atoms with van der Waals surface area (Å²) in [6.45, 7) is 2.25. The van der Waals surface area contributed by atoms with Crippen LogP contribution in [0.2, 0.25) is 0 Å². The maximum absolute atomic E-state index is 12.3. The van der Waals surface area contributed by atoms with Gasteiger partial charge >= 0.3 is 6.18 Å². The van der Waals surface area contributed by atoms with E-state index < -0.39 is 18.3 Å². The molecule has 0 heterocycles. The lowest BCUT2D eigenvalue weighted by Crippen LogP contribution is -2.28. The molecule has 0 unspecified atom stereocenters. The van der Waals surface area contributed by atoms with Crippen molar-refractivity contribution in [3.8, 4) is 0 Å². The monoisotopic (exact) mass is 158 g/mol. The van der Waals surface area contributed by atoms with Crippen molar-refractivity contribution in [2.45, 2.75) is 32.6 Å². The topological polar surface area (TPSA) is 0 Å². The zero-order chi connectivity index (χ0) is 8.36. The van der Waals surface area contributed by atoms with E-state index >= 15 is 0 Å². The normalized spacial score (nSPS) is 18.6. The molecule has 0 aliphatic heterocycles. The van der Waals surface area contributed by atoms with Gasteiger partial charge in [0.15, 0.2) is 0 Å². The molecule has 0 aromatic carbocycles. The molecule has 0 saturated carbocycles. The SMILES string of the molecule is CC[C@@H](F)[C@@H](C)C(F)(F)F. The lowest BCUT2D eigenvalue weighted by atomic mass is 10.0. The molecule has 0 saturated heterocycles. The van der Waals surface area contributed by atoms with Gasteiger partial charge in [0.2, 0.25) is 0 Å². The van der Waals surface area contributed by atoms with E-state index in [2.05, 4.69) is 0 Å². The zero-order valence-electron chi connectivity index (χ0n) is 5.87. The molecule has 0 aliphatic carbocycles. The van der Waals surface area contributed by atoms with Crippen LogP contribution in [0, 0.1) is 5.92 Å². The number of alkyl halides is 4. The second-order valence-electron chi connectivity index (χ2n) is 2.25. The van der Waals surface area contributed by atoms with Crippen molar-refractivity contribution >= 4 is 0 Å². The summed E-state index contributed by atoms with van der Waals surface area (Å²) in [4.78, 5) is 0. The highest BCUT2D eigenvalue weighted by atomic mass is 19.4. The summed E-state index contributed by atoms with van der Waals surface area (Å²) in [5, 5.41) is 0. The lowest BCUT2D eigenvalue weighted by molar-refractivity contribution is -0.185. The molecule has 0 fully saturated rings. The standard InChI is InChI=1S/C6H10F4/c1-3-5(7)4(2)6(8,9)10/h4-5H,3H2,1-2H3/t4-,5-/m1/s1. The molecule has 0 aromatic rings. The quantitative estimate of drug-likeness (QED) is 0.542. The first kappa shape index (κ1) is 9.72. The second kappa shape index (κ2) is 3.21. The molecule has 4 heteroatoms. The summed E-state index contributed by atoms with van der Waals surface area (Å²) in [5.41, 5.74) is 0. The lowest BCUT2D eigenvalue weighted by Gasteiger charge is -2.17. The van der Waals surface area contributed by atoms with Crippen LogP contribution in [0.3, 0.4) is 0 Å². The van der Waals surface area contributed by atoms with Crippen LogP contribution >= 0.6 is 0 Å². The Labute approximate surface area is 57.2 Å². The first-order valence-electron chi connectivity index (χ1n) is 3.10. The van der Waals surface area contributed by atoms with Gasteiger partial charge in [-0.2, -0.15) is 13.2 Å². The molecule has 0 bridgehead atoms. The van der Waals surface area contributed by atoms with Gasteiger partial charge in [0.05, 0.1) is 5.92 Å². The van der Waals surface area contributed by atoms with Crippen LogP contribution < -0.4 is 0 Å². The van der Waals surface area contributed by atoms with Crippen LogP contribution in [0.15, 0.2) is 0 Å². The molecule has 0 N–H and O–H groups in total. The molecule has 10 heavy (non-hydrogen) atoms. The van der Waals surface area contributed by atoms with Crippen LogP contribution in [0.5, 0.6) is 0 Å². The number of hydrogen-bond donors (Lipinski definition) is 0. The van der Waals surface area contributed by atoms with Gasteiger partial charge in [-0.25, -0.2) is 4.39 Å². The van der Waals surface area contributed by atoms with E-state index in [0.29, 0.717) is 0 Å². The van der Waals surface area contributed by atoms with E-state index in [1.54, 1.807) is 0 Å². The average Bonchev–Trinajstić information content (AvgIpc) is 1.83. The molecule has 0 amide bonds. The Hall–Kier alpha value is -0.280. The fraction of sp³-hybridized carbons (Fsp3) is 1.00. The van der Waals surface area contributed by atoms with E-state index in [0.717, 1.165) is 6.92 Å². The molecule has 62 valence electrons. The Bertz CT molecular complexity index is 96.4. The molecule has 0 spiro atoms. The van der Waals surface area contributed by atoms with Gasteiger partial charge in [0.25, 0.3) is 0 Å². The van der Waals surface area contributed by atoms with E-state index in [1.807, 2.05) is 0 Å². The fourth-order valence-corrected chi connectivity index (χ4v) is 0.559. The van der Waals surface area contributed by atoms with Crippen molar-refractivity contribution in [3.63, 3.8) is 0 Å². The van der Waals surface area contributed by atoms with Gasteiger partial charge in [-0.1, -0.05) is 13.8 Å². The largest absolute Gasteiger partial charge is 0.394 e. The predicted molar refractivity (Wildman–Crippen MR) is 30.4 cm³/mol. The van der Waals surface area contributed by atoms with Crippen molar-refractivity contribution in [2.24, 2.45) is 5.92 Å². The fourth-order valence-electron chi connectivity index (χ4n) is 0.559. The Morgan fingerprint density at radius 1 is 1.30 bits per heavy atom. The minimum absolute atomic E-state index is 0.0827. The van der Waals surface area contributed by atoms with Gasteiger partial charge < -0.3 is 0 Å². The van der Waals surface area contributed by atoms with E-state index in [1.165, 1.54) is 6.92 Å². The first-order valence-corrected chi connectivity index (χ1v) is 3.10. The molecule has 0 radical (unpaired) electrons. The summed E-state index contributed by atoms with van der Waals surface area (Å²) in [6, 6.07) is 0.